The second-order valence-electron chi connectivity index (χ2n) is 14.7. The van der Waals surface area contributed by atoms with Gasteiger partial charge in [-0.15, -0.1) is 0 Å². The Hall–Kier alpha value is -3.67. The Morgan fingerprint density at radius 2 is 0.969 bits per heavy atom. The molecular formula is C42H80N6O15S. The van der Waals surface area contributed by atoms with Gasteiger partial charge in [0.25, 0.3) is 0 Å². The van der Waals surface area contributed by atoms with E-state index in [1.165, 1.54) is 0 Å². The van der Waals surface area contributed by atoms with Crippen LogP contribution < -0.4 is 21.3 Å². The molecule has 0 bridgehead atoms. The Balaban J connectivity index is 3.82. The van der Waals surface area contributed by atoms with Crippen LogP contribution in [0.25, 0.3) is 0 Å². The molecule has 64 heavy (non-hydrogen) atoms. The van der Waals surface area contributed by atoms with Gasteiger partial charge in [0.1, 0.15) is 32.5 Å². The third kappa shape index (κ3) is 41.1. The van der Waals surface area contributed by atoms with Crippen molar-refractivity contribution in [3.8, 4) is 0 Å². The summed E-state index contributed by atoms with van der Waals surface area (Å²) in [5, 5.41) is 20.9. The van der Waals surface area contributed by atoms with E-state index in [4.69, 9.17) is 37.9 Å². The minimum Gasteiger partial charge on any atom is -0.466 e. The molecule has 0 spiro atoms. The number of ether oxygens (including phenoxy) is 8. The van der Waals surface area contributed by atoms with Gasteiger partial charge in [-0.3, -0.25) is 24.2 Å². The monoisotopic (exact) mass is 941 g/mol. The number of nitrogens with zero attached hydrogens (tertiary/aromatic N) is 2. The number of hydrogen-bond acceptors (Lipinski definition) is 18. The first-order valence-corrected chi connectivity index (χ1v) is 23.3. The van der Waals surface area contributed by atoms with E-state index in [1.54, 1.807) is 13.8 Å². The minimum absolute atomic E-state index is 0.0974. The summed E-state index contributed by atoms with van der Waals surface area (Å²) in [4.78, 5) is 75.5. The second kappa shape index (κ2) is 43.2. The minimum atomic E-state index is -1.09. The number of carbonyl (C=O) groups is 6. The van der Waals surface area contributed by atoms with Crippen molar-refractivity contribution in [2.24, 2.45) is 0 Å². The molecule has 4 amide bonds. The first-order valence-electron chi connectivity index (χ1n) is 22.7. The summed E-state index contributed by atoms with van der Waals surface area (Å²) in [5.41, 5.74) is 0. The quantitative estimate of drug-likeness (QED) is 0.0169. The lowest BCUT2D eigenvalue weighted by Crippen LogP contribution is -2.35. The van der Waals surface area contributed by atoms with Crippen molar-refractivity contribution in [2.45, 2.75) is 104 Å². The van der Waals surface area contributed by atoms with E-state index in [2.05, 4.69) is 33.9 Å². The van der Waals surface area contributed by atoms with Crippen LogP contribution >= 0.6 is 12.6 Å². The van der Waals surface area contributed by atoms with E-state index < -0.39 is 24.4 Å². The van der Waals surface area contributed by atoms with E-state index in [9.17, 15) is 33.9 Å². The van der Waals surface area contributed by atoms with E-state index in [0.29, 0.717) is 104 Å². The number of thiol groups is 1. The van der Waals surface area contributed by atoms with Gasteiger partial charge in [0.2, 0.25) is 5.91 Å². The van der Waals surface area contributed by atoms with E-state index in [1.807, 2.05) is 23.6 Å². The number of amides is 4. The van der Waals surface area contributed by atoms with Gasteiger partial charge in [-0.05, 0) is 53.4 Å². The van der Waals surface area contributed by atoms with Crippen LogP contribution in [0, 0.1) is 0 Å². The molecular weight excluding hydrogens is 861 g/mol. The normalized spacial score (nSPS) is 11.6. The van der Waals surface area contributed by atoms with Crippen molar-refractivity contribution in [3.05, 3.63) is 0 Å². The Labute approximate surface area is 385 Å². The van der Waals surface area contributed by atoms with Gasteiger partial charge in [-0.1, -0.05) is 25.7 Å². The molecule has 5 N–H and O–H groups in total. The summed E-state index contributed by atoms with van der Waals surface area (Å²) in [6, 6.07) is 0. The molecule has 22 heteroatoms. The molecule has 0 radical (unpaired) electrons. The number of aliphatic hydroxyl groups is 1. The number of alkyl carbamates (subject to hydrolysis) is 3. The first-order chi connectivity index (χ1) is 30.9. The Kier molecular flexibility index (Phi) is 40.8. The SMILES string of the molecule is CCOC(=O)CCN(CCOCS)CCOC(=O)NCCCCCCNC(=O)OCC(O)COCC(=O)NCCCCCCNC(=O)OCCN(CCOC(C)C)CCC(=O)OCC. The third-order valence-corrected chi connectivity index (χ3v) is 9.13. The van der Waals surface area contributed by atoms with Gasteiger partial charge < -0.3 is 64.3 Å². The molecule has 21 nitrogen and oxygen atoms in total. The molecule has 0 aromatic heterocycles. The highest BCUT2D eigenvalue weighted by molar-refractivity contribution is 7.80. The first kappa shape index (κ1) is 60.3. The predicted octanol–water partition coefficient (Wildman–Crippen LogP) is 2.62. The number of unbranched alkanes of at least 4 members (excludes halogenated alkanes) is 6. The average molecular weight is 941 g/mol. The second-order valence-corrected chi connectivity index (χ2v) is 15.0. The molecule has 1 atom stereocenters. The Morgan fingerprint density at radius 1 is 0.531 bits per heavy atom. The topological polar surface area (TPSA) is 251 Å². The van der Waals surface area contributed by atoms with Crippen molar-refractivity contribution in [2.75, 3.05) is 131 Å². The lowest BCUT2D eigenvalue weighted by molar-refractivity contribution is -0.144. The molecule has 374 valence electrons. The summed E-state index contributed by atoms with van der Waals surface area (Å²) >= 11 is 4.02. The van der Waals surface area contributed by atoms with Crippen molar-refractivity contribution in [1.29, 1.82) is 0 Å². The highest BCUT2D eigenvalue weighted by atomic mass is 32.1. The van der Waals surface area contributed by atoms with Gasteiger partial charge in [-0.25, -0.2) is 14.4 Å². The van der Waals surface area contributed by atoms with E-state index >= 15 is 0 Å². The molecule has 1 unspecified atom stereocenters. The zero-order valence-corrected chi connectivity index (χ0v) is 39.8. The molecule has 0 fully saturated rings. The van der Waals surface area contributed by atoms with Gasteiger partial charge in [0.05, 0.1) is 57.9 Å². The fourth-order valence-electron chi connectivity index (χ4n) is 5.56. The predicted molar refractivity (Wildman–Crippen MR) is 241 cm³/mol. The highest BCUT2D eigenvalue weighted by Crippen LogP contribution is 2.02. The summed E-state index contributed by atoms with van der Waals surface area (Å²) in [6.07, 6.45) is 4.06. The molecule has 0 aliphatic heterocycles. The van der Waals surface area contributed by atoms with Crippen molar-refractivity contribution >= 4 is 48.8 Å². The van der Waals surface area contributed by atoms with E-state index in [0.717, 1.165) is 44.9 Å². The van der Waals surface area contributed by atoms with Crippen LogP contribution in [0.2, 0.25) is 0 Å². The summed E-state index contributed by atoms with van der Waals surface area (Å²) in [7, 11) is 0. The van der Waals surface area contributed by atoms with Gasteiger partial charge in [-0.2, -0.15) is 12.6 Å². The lowest BCUT2D eigenvalue weighted by atomic mass is 10.2. The molecule has 0 rings (SSSR count). The van der Waals surface area contributed by atoms with Crippen LogP contribution in [0.3, 0.4) is 0 Å². The van der Waals surface area contributed by atoms with Crippen LogP contribution in [0.4, 0.5) is 14.4 Å². The van der Waals surface area contributed by atoms with Crippen LogP contribution in [-0.2, 0) is 52.3 Å². The van der Waals surface area contributed by atoms with Crippen LogP contribution in [0.5, 0.6) is 0 Å². The number of rotatable bonds is 42. The third-order valence-electron chi connectivity index (χ3n) is 8.95. The largest absolute Gasteiger partial charge is 0.466 e. The molecule has 0 aliphatic rings. The Morgan fingerprint density at radius 3 is 1.42 bits per heavy atom. The van der Waals surface area contributed by atoms with Crippen LogP contribution in [-0.4, -0.2) is 194 Å². The zero-order valence-electron chi connectivity index (χ0n) is 38.9. The maximum atomic E-state index is 12.1. The lowest BCUT2D eigenvalue weighted by Gasteiger charge is -2.22. The van der Waals surface area contributed by atoms with Gasteiger partial charge >= 0.3 is 30.2 Å². The van der Waals surface area contributed by atoms with Crippen molar-refractivity contribution in [3.63, 3.8) is 0 Å². The molecule has 0 aromatic rings. The molecule has 0 aliphatic carbocycles. The molecule has 0 heterocycles. The molecule has 0 aromatic carbocycles. The fourth-order valence-corrected chi connectivity index (χ4v) is 5.69. The maximum absolute atomic E-state index is 12.1. The van der Waals surface area contributed by atoms with Crippen molar-refractivity contribution in [1.82, 2.24) is 31.1 Å². The van der Waals surface area contributed by atoms with Gasteiger partial charge in [0.15, 0.2) is 0 Å². The summed E-state index contributed by atoms with van der Waals surface area (Å²) in [6.45, 7) is 13.4. The van der Waals surface area contributed by atoms with E-state index in [-0.39, 0.29) is 69.8 Å². The van der Waals surface area contributed by atoms with Crippen LogP contribution in [0.1, 0.15) is 91.9 Å². The number of aliphatic hydroxyl groups excluding tert-OH is 1. The number of hydrogen-bond donors (Lipinski definition) is 6. The molecule has 0 saturated heterocycles. The van der Waals surface area contributed by atoms with Crippen molar-refractivity contribution < 1.29 is 71.8 Å². The fraction of sp³-hybridized carbons (Fsp3) is 0.857. The zero-order chi connectivity index (χ0) is 47.5. The number of carbonyl (C=O) groups excluding carboxylic acids is 6. The number of esters is 2. The number of nitrogens with one attached hydrogen (secondary N) is 4. The molecule has 0 saturated carbocycles. The highest BCUT2D eigenvalue weighted by Gasteiger charge is 2.14. The smallest absolute Gasteiger partial charge is 0.407 e. The standard InChI is InChI=1S/C42H80N6O15S/c1-5-58-38(51)15-21-47(23-27-56-34-64)25-29-61-40(53)45-19-13-9-10-14-20-46-42(55)63-32-36(49)31-57-33-37(50)43-17-11-7-8-12-18-44-41(54)62-30-26-48(24-28-60-35(3)4)22-16-39(52)59-6-2/h35-36,49,64H,5-34H2,1-4H3,(H,43,50)(H,44,54)(H,45,53)(H,46,55). The maximum Gasteiger partial charge on any atom is 0.407 e. The van der Waals surface area contributed by atoms with Crippen LogP contribution in [0.15, 0.2) is 0 Å². The average Bonchev–Trinajstić information content (AvgIpc) is 3.25. The summed E-state index contributed by atoms with van der Waals surface area (Å²) in [5.74, 6) is -0.589. The Bertz CT molecular complexity index is 1230. The van der Waals surface area contributed by atoms with Gasteiger partial charge in [0, 0.05) is 65.4 Å². The summed E-state index contributed by atoms with van der Waals surface area (Å²) < 4.78 is 41.6.